The summed E-state index contributed by atoms with van der Waals surface area (Å²) in [5, 5.41) is 14.4. The predicted octanol–water partition coefficient (Wildman–Crippen LogP) is 2.06. The Morgan fingerprint density at radius 2 is 1.86 bits per heavy atom. The Morgan fingerprint density at radius 1 is 1.21 bits per heavy atom. The lowest BCUT2D eigenvalue weighted by Gasteiger charge is -2.20. The summed E-state index contributed by atoms with van der Waals surface area (Å²) in [5.74, 6) is -0.319. The molecule has 29 heavy (non-hydrogen) atoms. The number of nitrogens with one attached hydrogen (secondary N) is 1. The van der Waals surface area contributed by atoms with Crippen molar-refractivity contribution in [2.24, 2.45) is 7.05 Å². The summed E-state index contributed by atoms with van der Waals surface area (Å²) in [7, 11) is -0.314. The van der Waals surface area contributed by atoms with Crippen LogP contribution in [0.1, 0.15) is 29.9 Å². The Labute approximate surface area is 168 Å². The number of aryl methyl sites for hydroxylation is 2. The van der Waals surface area contributed by atoms with Crippen molar-refractivity contribution in [2.75, 3.05) is 12.4 Å². The molecule has 3 rings (SSSR count). The summed E-state index contributed by atoms with van der Waals surface area (Å²) in [6.07, 6.45) is 0. The molecule has 2 aromatic heterocycles. The highest BCUT2D eigenvalue weighted by atomic mass is 32.2. The number of sulfonamides is 1. The van der Waals surface area contributed by atoms with Gasteiger partial charge in [0, 0.05) is 31.4 Å². The van der Waals surface area contributed by atoms with Crippen molar-refractivity contribution in [2.45, 2.75) is 31.7 Å². The summed E-state index contributed by atoms with van der Waals surface area (Å²) < 4.78 is 33.4. The van der Waals surface area contributed by atoms with Gasteiger partial charge in [0.2, 0.25) is 10.0 Å². The van der Waals surface area contributed by atoms with Crippen LogP contribution in [0.5, 0.6) is 0 Å². The van der Waals surface area contributed by atoms with Gasteiger partial charge in [-0.05, 0) is 51.1 Å². The normalized spacial score (nSPS) is 12.0. The van der Waals surface area contributed by atoms with Crippen LogP contribution < -0.4 is 5.32 Å². The molecule has 0 aliphatic rings. The first-order chi connectivity index (χ1) is 13.6. The van der Waals surface area contributed by atoms with Crippen LogP contribution in [0.3, 0.4) is 0 Å². The number of benzene rings is 1. The SMILES string of the molecule is Cc1cc(-c2nnc(NC(=O)c3ccc(S(=O)(=O)N(C)C(C)C)cc3)o2)nn1C. The van der Waals surface area contributed by atoms with E-state index < -0.39 is 15.9 Å². The second-order valence-corrected chi connectivity index (χ2v) is 8.80. The predicted molar refractivity (Wildman–Crippen MR) is 106 cm³/mol. The van der Waals surface area contributed by atoms with E-state index in [2.05, 4.69) is 20.6 Å². The Morgan fingerprint density at radius 3 is 2.41 bits per heavy atom. The fourth-order valence-corrected chi connectivity index (χ4v) is 3.80. The lowest BCUT2D eigenvalue weighted by atomic mass is 10.2. The quantitative estimate of drug-likeness (QED) is 0.650. The fraction of sp³-hybridized carbons (Fsp3) is 0.333. The third kappa shape index (κ3) is 4.20. The van der Waals surface area contributed by atoms with Gasteiger partial charge >= 0.3 is 6.01 Å². The molecule has 0 spiro atoms. The van der Waals surface area contributed by atoms with Crippen molar-refractivity contribution in [3.63, 3.8) is 0 Å². The minimum absolute atomic E-state index is 0.0791. The van der Waals surface area contributed by atoms with Gasteiger partial charge in [0.1, 0.15) is 5.69 Å². The van der Waals surface area contributed by atoms with Gasteiger partial charge in [0.15, 0.2) is 0 Å². The lowest BCUT2D eigenvalue weighted by molar-refractivity contribution is 0.102. The molecule has 3 aromatic rings. The first kappa shape index (κ1) is 20.7. The van der Waals surface area contributed by atoms with Gasteiger partial charge < -0.3 is 4.42 Å². The zero-order chi connectivity index (χ0) is 21.3. The van der Waals surface area contributed by atoms with E-state index in [4.69, 9.17) is 4.42 Å². The summed E-state index contributed by atoms with van der Waals surface area (Å²) in [5.41, 5.74) is 1.67. The maximum Gasteiger partial charge on any atom is 0.322 e. The van der Waals surface area contributed by atoms with Gasteiger partial charge in [-0.2, -0.15) is 9.40 Å². The monoisotopic (exact) mass is 418 g/mol. The summed E-state index contributed by atoms with van der Waals surface area (Å²) in [6.45, 7) is 5.45. The number of hydrogen-bond donors (Lipinski definition) is 1. The molecule has 10 nitrogen and oxygen atoms in total. The van der Waals surface area contributed by atoms with E-state index in [0.29, 0.717) is 5.69 Å². The molecule has 1 N–H and O–H groups in total. The standard InChI is InChI=1S/C18H22N6O4S/c1-11(2)24(5)29(26,27)14-8-6-13(7-9-14)16(25)19-18-21-20-17(28-18)15-10-12(3)23(4)22-15/h6-11H,1-5H3,(H,19,21,25). The van der Waals surface area contributed by atoms with Gasteiger partial charge in [-0.3, -0.25) is 14.8 Å². The Kier molecular flexibility index (Phi) is 5.53. The van der Waals surface area contributed by atoms with Crippen LogP contribution in [-0.4, -0.2) is 51.7 Å². The topological polar surface area (TPSA) is 123 Å². The highest BCUT2D eigenvalue weighted by Gasteiger charge is 2.23. The smallest absolute Gasteiger partial charge is 0.322 e. The summed E-state index contributed by atoms with van der Waals surface area (Å²) >= 11 is 0. The van der Waals surface area contributed by atoms with Crippen molar-refractivity contribution in [3.05, 3.63) is 41.6 Å². The number of hydrogen-bond acceptors (Lipinski definition) is 7. The minimum atomic E-state index is -3.62. The van der Waals surface area contributed by atoms with E-state index in [-0.39, 0.29) is 28.4 Å². The van der Waals surface area contributed by atoms with Crippen LogP contribution in [0, 0.1) is 6.92 Å². The van der Waals surface area contributed by atoms with E-state index in [1.165, 1.54) is 35.6 Å². The maximum absolute atomic E-state index is 12.5. The molecule has 11 heteroatoms. The van der Waals surface area contributed by atoms with Crippen molar-refractivity contribution >= 4 is 21.9 Å². The van der Waals surface area contributed by atoms with E-state index in [1.807, 2.05) is 6.92 Å². The molecule has 0 fully saturated rings. The maximum atomic E-state index is 12.5. The highest BCUT2D eigenvalue weighted by Crippen LogP contribution is 2.20. The van der Waals surface area contributed by atoms with Crippen molar-refractivity contribution in [1.29, 1.82) is 0 Å². The third-order valence-corrected chi connectivity index (χ3v) is 6.55. The molecule has 0 atom stereocenters. The average molecular weight is 418 g/mol. The van der Waals surface area contributed by atoms with Gasteiger partial charge in [-0.15, -0.1) is 5.10 Å². The second kappa shape index (κ2) is 7.76. The largest absolute Gasteiger partial charge is 0.401 e. The van der Waals surface area contributed by atoms with E-state index in [9.17, 15) is 13.2 Å². The van der Waals surface area contributed by atoms with Crippen molar-refractivity contribution in [3.8, 4) is 11.6 Å². The van der Waals surface area contributed by atoms with Crippen LogP contribution >= 0.6 is 0 Å². The van der Waals surface area contributed by atoms with Crippen LogP contribution in [0.4, 0.5) is 6.01 Å². The molecule has 154 valence electrons. The number of nitrogens with zero attached hydrogens (tertiary/aromatic N) is 5. The molecule has 1 aromatic carbocycles. The van der Waals surface area contributed by atoms with Crippen LogP contribution in [0.25, 0.3) is 11.6 Å². The van der Waals surface area contributed by atoms with E-state index in [1.54, 1.807) is 31.6 Å². The number of rotatable bonds is 6. The first-order valence-electron chi connectivity index (χ1n) is 8.83. The number of carbonyl (C=O) groups excluding carboxylic acids is 1. The number of aromatic nitrogens is 4. The van der Waals surface area contributed by atoms with Crippen LogP contribution in [-0.2, 0) is 17.1 Å². The Balaban J connectivity index is 1.73. The van der Waals surface area contributed by atoms with Gasteiger partial charge in [-0.1, -0.05) is 5.10 Å². The number of amides is 1. The minimum Gasteiger partial charge on any atom is -0.401 e. The third-order valence-electron chi connectivity index (χ3n) is 4.50. The molecule has 0 aliphatic heterocycles. The number of anilines is 1. The lowest BCUT2D eigenvalue weighted by Crippen LogP contribution is -2.33. The average Bonchev–Trinajstić information content (AvgIpc) is 3.27. The first-order valence-corrected chi connectivity index (χ1v) is 10.3. The Hall–Kier alpha value is -3.05. The zero-order valence-corrected chi connectivity index (χ0v) is 17.6. The summed E-state index contributed by atoms with van der Waals surface area (Å²) in [4.78, 5) is 12.5. The molecule has 0 saturated carbocycles. The van der Waals surface area contributed by atoms with Gasteiger partial charge in [-0.25, -0.2) is 8.42 Å². The zero-order valence-electron chi connectivity index (χ0n) is 16.7. The highest BCUT2D eigenvalue weighted by molar-refractivity contribution is 7.89. The summed E-state index contributed by atoms with van der Waals surface area (Å²) in [6, 6.07) is 7.15. The molecular weight excluding hydrogens is 396 g/mol. The fourth-order valence-electron chi connectivity index (χ4n) is 2.43. The van der Waals surface area contributed by atoms with E-state index >= 15 is 0 Å². The second-order valence-electron chi connectivity index (χ2n) is 6.80. The Bertz CT molecular complexity index is 1110. The molecule has 2 heterocycles. The van der Waals surface area contributed by atoms with Crippen molar-refractivity contribution < 1.29 is 17.6 Å². The molecule has 0 bridgehead atoms. The van der Waals surface area contributed by atoms with Gasteiger partial charge in [0.05, 0.1) is 4.90 Å². The molecule has 1 amide bonds. The van der Waals surface area contributed by atoms with E-state index in [0.717, 1.165) is 5.69 Å². The molecule has 0 aliphatic carbocycles. The number of carbonyl (C=O) groups is 1. The van der Waals surface area contributed by atoms with Crippen LogP contribution in [0.2, 0.25) is 0 Å². The van der Waals surface area contributed by atoms with Crippen LogP contribution in [0.15, 0.2) is 39.6 Å². The molecule has 0 radical (unpaired) electrons. The molecule has 0 saturated heterocycles. The van der Waals surface area contributed by atoms with Gasteiger partial charge in [0.25, 0.3) is 11.8 Å². The van der Waals surface area contributed by atoms with Crippen molar-refractivity contribution in [1.82, 2.24) is 24.3 Å². The molecule has 0 unspecified atom stereocenters. The molecular formula is C18H22N6O4S.